The Labute approximate surface area is 120 Å². The number of sulfonamides is 1. The van der Waals surface area contributed by atoms with Gasteiger partial charge in [-0.05, 0) is 19.9 Å². The highest BCUT2D eigenvalue weighted by atomic mass is 32.2. The van der Waals surface area contributed by atoms with Crippen LogP contribution >= 0.6 is 22.7 Å². The summed E-state index contributed by atoms with van der Waals surface area (Å²) in [6.07, 6.45) is 1.72. The van der Waals surface area contributed by atoms with Crippen molar-refractivity contribution in [3.63, 3.8) is 0 Å². The number of hydrogen-bond acceptors (Lipinski definition) is 6. The van der Waals surface area contributed by atoms with Crippen LogP contribution in [0.25, 0.3) is 0 Å². The topological polar surface area (TPSA) is 79.3 Å². The number of thiazole rings is 1. The quantitative estimate of drug-likeness (QED) is 0.884. The molecule has 0 saturated heterocycles. The zero-order valence-corrected chi connectivity index (χ0v) is 12.9. The molecule has 0 spiro atoms. The molecule has 2 rings (SSSR count). The zero-order valence-electron chi connectivity index (χ0n) is 10.5. The SMILES string of the molecule is Cc1cnc(C(C)NS(=O)(=O)c2csc(CO)c2)s1. The Morgan fingerprint density at radius 2 is 2.26 bits per heavy atom. The Hall–Kier alpha value is -0.800. The summed E-state index contributed by atoms with van der Waals surface area (Å²) < 4.78 is 26.9. The Kier molecular flexibility index (Phi) is 4.36. The van der Waals surface area contributed by atoms with Crippen molar-refractivity contribution in [2.45, 2.75) is 31.4 Å². The second-order valence-corrected chi connectivity index (χ2v) is 8.04. The Morgan fingerprint density at radius 3 is 2.79 bits per heavy atom. The van der Waals surface area contributed by atoms with Gasteiger partial charge in [0.2, 0.25) is 10.0 Å². The summed E-state index contributed by atoms with van der Waals surface area (Å²) in [5, 5.41) is 11.2. The normalized spacial score (nSPS) is 13.6. The standard InChI is InChI=1S/C11H14N2O3S3/c1-7-4-12-11(18-7)8(2)13-19(15,16)10-3-9(5-14)17-6-10/h3-4,6,8,13-14H,5H2,1-2H3. The molecule has 2 aromatic heterocycles. The molecule has 8 heteroatoms. The second kappa shape index (κ2) is 5.68. The third kappa shape index (κ3) is 3.40. The maximum atomic E-state index is 12.1. The van der Waals surface area contributed by atoms with Gasteiger partial charge in [-0.15, -0.1) is 22.7 Å². The van der Waals surface area contributed by atoms with Crippen LogP contribution in [0.2, 0.25) is 0 Å². The maximum Gasteiger partial charge on any atom is 0.242 e. The molecule has 0 aliphatic carbocycles. The predicted molar refractivity (Wildman–Crippen MR) is 75.8 cm³/mol. The molecular formula is C11H14N2O3S3. The van der Waals surface area contributed by atoms with E-state index in [2.05, 4.69) is 9.71 Å². The Balaban J connectivity index is 2.17. The van der Waals surface area contributed by atoms with E-state index in [4.69, 9.17) is 5.11 Å². The molecule has 0 amide bonds. The van der Waals surface area contributed by atoms with E-state index in [0.717, 1.165) is 9.88 Å². The highest BCUT2D eigenvalue weighted by molar-refractivity contribution is 7.89. The molecule has 0 aliphatic heterocycles. The van der Waals surface area contributed by atoms with Crippen LogP contribution < -0.4 is 4.72 Å². The first-order valence-corrected chi connectivity index (χ1v) is 8.73. The largest absolute Gasteiger partial charge is 0.391 e. The highest BCUT2D eigenvalue weighted by Gasteiger charge is 2.21. The van der Waals surface area contributed by atoms with Crippen molar-refractivity contribution in [2.75, 3.05) is 0 Å². The minimum absolute atomic E-state index is 0.151. The summed E-state index contributed by atoms with van der Waals surface area (Å²) in [6.45, 7) is 3.53. The molecule has 0 aromatic carbocycles. The van der Waals surface area contributed by atoms with Crippen molar-refractivity contribution in [1.29, 1.82) is 0 Å². The lowest BCUT2D eigenvalue weighted by molar-refractivity contribution is 0.285. The van der Waals surface area contributed by atoms with Crippen molar-refractivity contribution in [2.24, 2.45) is 0 Å². The fraction of sp³-hybridized carbons (Fsp3) is 0.364. The third-order valence-corrected chi connectivity index (χ3v) is 6.12. The van der Waals surface area contributed by atoms with Crippen molar-refractivity contribution in [1.82, 2.24) is 9.71 Å². The first kappa shape index (κ1) is 14.6. The number of rotatable bonds is 5. The Bertz CT molecular complexity index is 660. The lowest BCUT2D eigenvalue weighted by Crippen LogP contribution is -2.26. The number of aromatic nitrogens is 1. The van der Waals surface area contributed by atoms with Gasteiger partial charge in [0, 0.05) is 21.3 Å². The summed E-state index contributed by atoms with van der Waals surface area (Å²) in [5.41, 5.74) is 0. The summed E-state index contributed by atoms with van der Waals surface area (Å²) in [6, 6.07) is 1.11. The van der Waals surface area contributed by atoms with E-state index < -0.39 is 10.0 Å². The number of thiophene rings is 1. The molecule has 2 heterocycles. The number of aliphatic hydroxyl groups is 1. The molecule has 0 saturated carbocycles. The van der Waals surface area contributed by atoms with Crippen LogP contribution in [0.3, 0.4) is 0 Å². The molecule has 0 bridgehead atoms. The predicted octanol–water partition coefficient (Wildman–Crippen LogP) is 2.04. The van der Waals surface area contributed by atoms with E-state index in [0.29, 0.717) is 4.88 Å². The smallest absolute Gasteiger partial charge is 0.242 e. The van der Waals surface area contributed by atoms with E-state index in [1.54, 1.807) is 13.1 Å². The van der Waals surface area contributed by atoms with Crippen molar-refractivity contribution < 1.29 is 13.5 Å². The molecular weight excluding hydrogens is 304 g/mol. The van der Waals surface area contributed by atoms with Gasteiger partial charge in [0.1, 0.15) is 5.01 Å². The molecule has 0 fully saturated rings. The second-order valence-electron chi connectivity index (χ2n) is 4.06. The molecule has 0 aliphatic rings. The van der Waals surface area contributed by atoms with Gasteiger partial charge >= 0.3 is 0 Å². The number of nitrogens with zero attached hydrogens (tertiary/aromatic N) is 1. The van der Waals surface area contributed by atoms with Gasteiger partial charge in [0.15, 0.2) is 0 Å². The van der Waals surface area contributed by atoms with Crippen molar-refractivity contribution >= 4 is 32.7 Å². The van der Waals surface area contributed by atoms with Crippen LogP contribution in [0, 0.1) is 6.92 Å². The molecule has 2 N–H and O–H groups in total. The summed E-state index contributed by atoms with van der Waals surface area (Å²) in [5.74, 6) is 0. The highest BCUT2D eigenvalue weighted by Crippen LogP contribution is 2.23. The van der Waals surface area contributed by atoms with Gasteiger partial charge in [-0.2, -0.15) is 0 Å². The van der Waals surface area contributed by atoms with Gasteiger partial charge in [-0.1, -0.05) is 0 Å². The van der Waals surface area contributed by atoms with E-state index in [1.807, 2.05) is 6.92 Å². The van der Waals surface area contributed by atoms with Crippen LogP contribution in [0.4, 0.5) is 0 Å². The van der Waals surface area contributed by atoms with E-state index in [1.165, 1.54) is 34.1 Å². The van der Waals surface area contributed by atoms with Crippen LogP contribution in [-0.4, -0.2) is 18.5 Å². The van der Waals surface area contributed by atoms with Crippen molar-refractivity contribution in [3.05, 3.63) is 32.4 Å². The summed E-state index contributed by atoms with van der Waals surface area (Å²) in [4.78, 5) is 6.02. The monoisotopic (exact) mass is 318 g/mol. The first-order chi connectivity index (χ1) is 8.92. The molecule has 104 valence electrons. The Morgan fingerprint density at radius 1 is 1.53 bits per heavy atom. The fourth-order valence-corrected chi connectivity index (χ4v) is 4.70. The molecule has 1 atom stereocenters. The van der Waals surface area contributed by atoms with Gasteiger partial charge in [0.05, 0.1) is 17.5 Å². The molecule has 19 heavy (non-hydrogen) atoms. The van der Waals surface area contributed by atoms with Gasteiger partial charge in [-0.3, -0.25) is 0 Å². The lowest BCUT2D eigenvalue weighted by Gasteiger charge is -2.10. The minimum atomic E-state index is -3.57. The number of hydrogen-bond donors (Lipinski definition) is 2. The van der Waals surface area contributed by atoms with E-state index >= 15 is 0 Å². The van der Waals surface area contributed by atoms with E-state index in [9.17, 15) is 8.42 Å². The van der Waals surface area contributed by atoms with Gasteiger partial charge in [0.25, 0.3) is 0 Å². The first-order valence-electron chi connectivity index (χ1n) is 5.55. The zero-order chi connectivity index (χ0) is 14.0. The van der Waals surface area contributed by atoms with Crippen LogP contribution in [0.5, 0.6) is 0 Å². The summed E-state index contributed by atoms with van der Waals surface area (Å²) >= 11 is 2.69. The minimum Gasteiger partial charge on any atom is -0.391 e. The van der Waals surface area contributed by atoms with Crippen LogP contribution in [0.15, 0.2) is 22.5 Å². The number of nitrogens with one attached hydrogen (secondary N) is 1. The van der Waals surface area contributed by atoms with Crippen molar-refractivity contribution in [3.8, 4) is 0 Å². The fourth-order valence-electron chi connectivity index (χ4n) is 1.51. The van der Waals surface area contributed by atoms with Crippen LogP contribution in [-0.2, 0) is 16.6 Å². The molecule has 5 nitrogen and oxygen atoms in total. The maximum absolute atomic E-state index is 12.1. The molecule has 2 aromatic rings. The molecule has 1 unspecified atom stereocenters. The average Bonchev–Trinajstić information content (AvgIpc) is 2.96. The van der Waals surface area contributed by atoms with Gasteiger partial charge < -0.3 is 5.11 Å². The summed E-state index contributed by atoms with van der Waals surface area (Å²) in [7, 11) is -3.57. The third-order valence-electron chi connectivity index (χ3n) is 2.44. The molecule has 0 radical (unpaired) electrons. The number of aliphatic hydroxyl groups excluding tert-OH is 1. The average molecular weight is 318 g/mol. The lowest BCUT2D eigenvalue weighted by atomic mass is 10.4. The van der Waals surface area contributed by atoms with Crippen LogP contribution in [0.1, 0.15) is 27.7 Å². The number of aryl methyl sites for hydroxylation is 1. The van der Waals surface area contributed by atoms with E-state index in [-0.39, 0.29) is 17.5 Å². The van der Waals surface area contributed by atoms with Gasteiger partial charge in [-0.25, -0.2) is 18.1 Å².